The van der Waals surface area contributed by atoms with Crippen LogP contribution in [0.3, 0.4) is 0 Å². The second-order valence-corrected chi connectivity index (χ2v) is 13.7. The smallest absolute Gasteiger partial charge is 0.408 e. The van der Waals surface area contributed by atoms with Gasteiger partial charge in [-0.25, -0.2) is 9.59 Å². The number of ether oxygens (including phenoxy) is 2. The number of alkyl carbamates (subject to hydrolysis) is 1. The van der Waals surface area contributed by atoms with Crippen molar-refractivity contribution in [2.24, 2.45) is 5.73 Å². The summed E-state index contributed by atoms with van der Waals surface area (Å²) in [5.41, 5.74) is 4.57. The van der Waals surface area contributed by atoms with Gasteiger partial charge in [-0.15, -0.1) is 0 Å². The molecule has 0 heterocycles. The monoisotopic (exact) mass is 668 g/mol. The molecule has 0 spiro atoms. The Labute approximate surface area is 283 Å². The van der Waals surface area contributed by atoms with Gasteiger partial charge in [0.2, 0.25) is 17.7 Å². The largest absolute Gasteiger partial charge is 0.508 e. The molecule has 2 aromatic rings. The number of benzene rings is 2. The molecule has 0 radical (unpaired) electrons. The number of nitrogens with two attached hydrogens (primary N) is 1. The van der Waals surface area contributed by atoms with E-state index in [0.717, 1.165) is 18.4 Å². The average molecular weight is 669 g/mol. The Morgan fingerprint density at radius 3 is 1.98 bits per heavy atom. The van der Waals surface area contributed by atoms with Gasteiger partial charge in [0.05, 0.1) is 6.42 Å². The van der Waals surface area contributed by atoms with E-state index in [1.807, 2.05) is 25.1 Å². The molecule has 48 heavy (non-hydrogen) atoms. The molecule has 0 saturated heterocycles. The van der Waals surface area contributed by atoms with Crippen molar-refractivity contribution in [3.05, 3.63) is 65.7 Å². The van der Waals surface area contributed by atoms with E-state index in [0.29, 0.717) is 12.8 Å². The number of rotatable bonds is 16. The number of carbonyl (C=O) groups is 5. The number of para-hydroxylation sites is 1. The third-order valence-corrected chi connectivity index (χ3v) is 7.01. The first kappa shape index (κ1) is 39.6. The van der Waals surface area contributed by atoms with Crippen LogP contribution in [0.25, 0.3) is 0 Å². The highest BCUT2D eigenvalue weighted by atomic mass is 16.6. The van der Waals surface area contributed by atoms with Crippen LogP contribution in [0, 0.1) is 0 Å². The van der Waals surface area contributed by atoms with E-state index in [2.05, 4.69) is 10.6 Å². The van der Waals surface area contributed by atoms with Crippen molar-refractivity contribution in [1.82, 2.24) is 15.5 Å². The zero-order valence-electron chi connectivity index (χ0n) is 29.2. The predicted molar refractivity (Wildman–Crippen MR) is 182 cm³/mol. The van der Waals surface area contributed by atoms with E-state index in [1.165, 1.54) is 17.0 Å². The SMILES string of the molecule is CCCCCCN(C(=O)C(CC(N)=O)NC(=O)OC(C)(C)C)C(C(=O)NC(Cc1ccccc1)C(=O)OC(C)(C)C)c1ccccc1O. The third kappa shape index (κ3) is 13.6. The maximum atomic E-state index is 14.4. The fourth-order valence-corrected chi connectivity index (χ4v) is 4.96. The van der Waals surface area contributed by atoms with Gasteiger partial charge in [0.15, 0.2) is 0 Å². The minimum atomic E-state index is -1.49. The standard InChI is InChI=1S/C36H52N4O8/c1-8-9-10-16-21-40(32(44)26(23-29(37)42)39-34(46)48-36(5,6)7)30(25-19-14-15-20-28(25)41)31(43)38-27(33(45)47-35(2,3)4)22-24-17-12-11-13-18-24/h11-15,17-20,26-27,30,41H,8-10,16,21-23H2,1-7H3,(H2,37,42)(H,38,43)(H,39,46). The van der Waals surface area contributed by atoms with E-state index >= 15 is 0 Å². The summed E-state index contributed by atoms with van der Waals surface area (Å²) in [5.74, 6) is -3.40. The number of hydrogen-bond donors (Lipinski definition) is 4. The van der Waals surface area contributed by atoms with Crippen LogP contribution in [0.1, 0.15) is 97.7 Å². The Hall–Kier alpha value is -4.61. The van der Waals surface area contributed by atoms with Gasteiger partial charge < -0.3 is 35.8 Å². The van der Waals surface area contributed by atoms with Crippen LogP contribution in [0.4, 0.5) is 4.79 Å². The first-order chi connectivity index (χ1) is 22.4. The Balaban J connectivity index is 2.65. The quantitative estimate of drug-likeness (QED) is 0.147. The van der Waals surface area contributed by atoms with Gasteiger partial charge in [-0.05, 0) is 59.6 Å². The van der Waals surface area contributed by atoms with E-state index in [9.17, 15) is 29.1 Å². The highest BCUT2D eigenvalue weighted by molar-refractivity contribution is 5.96. The fourth-order valence-electron chi connectivity index (χ4n) is 4.96. The molecule has 12 nitrogen and oxygen atoms in total. The number of phenols is 1. The second-order valence-electron chi connectivity index (χ2n) is 13.7. The molecule has 0 saturated carbocycles. The number of phenolic OH excluding ortho intramolecular Hbond substituents is 1. The molecule has 0 bridgehead atoms. The van der Waals surface area contributed by atoms with Gasteiger partial charge in [-0.3, -0.25) is 14.4 Å². The number of esters is 1. The minimum absolute atomic E-state index is 0.0201. The molecule has 3 atom stereocenters. The number of hydrogen-bond acceptors (Lipinski definition) is 8. The van der Waals surface area contributed by atoms with Crippen LogP contribution in [0.15, 0.2) is 54.6 Å². The van der Waals surface area contributed by atoms with Crippen molar-refractivity contribution in [3.63, 3.8) is 0 Å². The van der Waals surface area contributed by atoms with Crippen LogP contribution in [-0.2, 0) is 35.1 Å². The number of primary amides is 1. The van der Waals surface area contributed by atoms with Crippen LogP contribution in [0.2, 0.25) is 0 Å². The molecule has 0 aliphatic rings. The van der Waals surface area contributed by atoms with E-state index in [-0.39, 0.29) is 24.3 Å². The molecule has 0 aliphatic heterocycles. The summed E-state index contributed by atoms with van der Waals surface area (Å²) in [7, 11) is 0. The molecule has 2 rings (SSSR count). The number of amides is 4. The lowest BCUT2D eigenvalue weighted by atomic mass is 9.99. The molecule has 0 aliphatic carbocycles. The van der Waals surface area contributed by atoms with Gasteiger partial charge >= 0.3 is 12.1 Å². The van der Waals surface area contributed by atoms with Gasteiger partial charge in [-0.2, -0.15) is 0 Å². The molecule has 0 fully saturated rings. The van der Waals surface area contributed by atoms with Crippen LogP contribution < -0.4 is 16.4 Å². The van der Waals surface area contributed by atoms with Crippen molar-refractivity contribution >= 4 is 29.8 Å². The topological polar surface area (TPSA) is 177 Å². The zero-order valence-corrected chi connectivity index (χ0v) is 29.2. The molecule has 5 N–H and O–H groups in total. The van der Waals surface area contributed by atoms with Crippen molar-refractivity contribution < 1.29 is 38.6 Å². The molecular weight excluding hydrogens is 616 g/mol. The van der Waals surface area contributed by atoms with E-state index in [1.54, 1.807) is 65.8 Å². The highest BCUT2D eigenvalue weighted by Gasteiger charge is 2.39. The third-order valence-electron chi connectivity index (χ3n) is 7.01. The van der Waals surface area contributed by atoms with Gasteiger partial charge in [0, 0.05) is 18.5 Å². The molecule has 2 aromatic carbocycles. The summed E-state index contributed by atoms with van der Waals surface area (Å²) >= 11 is 0. The normalized spacial score (nSPS) is 13.4. The van der Waals surface area contributed by atoms with E-state index in [4.69, 9.17) is 15.2 Å². The second kappa shape index (κ2) is 18.1. The fraction of sp³-hybridized carbons (Fsp3) is 0.528. The maximum absolute atomic E-state index is 14.4. The van der Waals surface area contributed by atoms with Crippen LogP contribution in [0.5, 0.6) is 5.75 Å². The Morgan fingerprint density at radius 2 is 1.42 bits per heavy atom. The number of unbranched alkanes of at least 4 members (excludes halogenated alkanes) is 3. The summed E-state index contributed by atoms with van der Waals surface area (Å²) < 4.78 is 11.0. The Bertz CT molecular complexity index is 1380. The van der Waals surface area contributed by atoms with Crippen LogP contribution >= 0.6 is 0 Å². The summed E-state index contributed by atoms with van der Waals surface area (Å²) in [5, 5.41) is 16.2. The first-order valence-electron chi connectivity index (χ1n) is 16.3. The minimum Gasteiger partial charge on any atom is -0.508 e. The summed E-state index contributed by atoms with van der Waals surface area (Å²) in [4.78, 5) is 68.4. The highest BCUT2D eigenvalue weighted by Crippen LogP contribution is 2.31. The lowest BCUT2D eigenvalue weighted by Crippen LogP contribution is -2.55. The molecule has 0 aromatic heterocycles. The molecule has 264 valence electrons. The molecular formula is C36H52N4O8. The number of aromatic hydroxyl groups is 1. The lowest BCUT2D eigenvalue weighted by molar-refractivity contribution is -0.159. The van der Waals surface area contributed by atoms with Crippen molar-refractivity contribution in [3.8, 4) is 5.75 Å². The average Bonchev–Trinajstić information content (AvgIpc) is 2.97. The van der Waals surface area contributed by atoms with Crippen molar-refractivity contribution in [1.29, 1.82) is 0 Å². The van der Waals surface area contributed by atoms with Gasteiger partial charge in [0.25, 0.3) is 0 Å². The van der Waals surface area contributed by atoms with Crippen molar-refractivity contribution in [2.75, 3.05) is 6.54 Å². The Morgan fingerprint density at radius 1 is 0.812 bits per heavy atom. The lowest BCUT2D eigenvalue weighted by Gasteiger charge is -2.35. The summed E-state index contributed by atoms with van der Waals surface area (Å²) in [6.45, 7) is 12.1. The van der Waals surface area contributed by atoms with Crippen molar-refractivity contribution in [2.45, 2.75) is 116 Å². The van der Waals surface area contributed by atoms with Gasteiger partial charge in [0.1, 0.15) is 35.1 Å². The molecule has 4 amide bonds. The number of carbonyl (C=O) groups excluding carboxylic acids is 5. The molecule has 12 heteroatoms. The van der Waals surface area contributed by atoms with Crippen LogP contribution in [-0.4, -0.2) is 69.6 Å². The Kier molecular flexibility index (Phi) is 14.9. The predicted octanol–water partition coefficient (Wildman–Crippen LogP) is 4.68. The van der Waals surface area contributed by atoms with Gasteiger partial charge in [-0.1, -0.05) is 74.7 Å². The number of nitrogens with one attached hydrogen (secondary N) is 2. The molecule has 3 unspecified atom stereocenters. The van der Waals surface area contributed by atoms with E-state index < -0.39 is 65.5 Å². The number of nitrogens with zero attached hydrogens (tertiary/aromatic N) is 1. The first-order valence-corrected chi connectivity index (χ1v) is 16.3. The summed E-state index contributed by atoms with van der Waals surface area (Å²) in [6.07, 6.45) is 1.49. The zero-order chi connectivity index (χ0) is 36.1. The summed E-state index contributed by atoms with van der Waals surface area (Å²) in [6, 6.07) is 11.0. The maximum Gasteiger partial charge on any atom is 0.408 e.